The van der Waals surface area contributed by atoms with E-state index >= 15 is 0 Å². The molecule has 2 N–H and O–H groups in total. The number of carbonyl (C=O) groups excluding carboxylic acids is 1. The van der Waals surface area contributed by atoms with Crippen LogP contribution in [0, 0.1) is 0 Å². The molecule has 0 atom stereocenters. The van der Waals surface area contributed by atoms with E-state index in [1.807, 2.05) is 30.3 Å². The van der Waals surface area contributed by atoms with Crippen molar-refractivity contribution in [1.82, 2.24) is 20.0 Å². The van der Waals surface area contributed by atoms with Crippen molar-refractivity contribution >= 4 is 11.9 Å². The summed E-state index contributed by atoms with van der Waals surface area (Å²) < 4.78 is 1.38. The van der Waals surface area contributed by atoms with Crippen LogP contribution in [0.25, 0.3) is 0 Å². The Morgan fingerprint density at radius 3 is 2.68 bits per heavy atom. The number of benzene rings is 1. The number of rotatable bonds is 4. The molecule has 0 unspecified atom stereocenters. The topological polar surface area (TPSA) is 88.9 Å². The second kappa shape index (κ2) is 5.76. The average molecular weight is 259 g/mol. The number of amides is 1. The second-order valence-corrected chi connectivity index (χ2v) is 3.88. The van der Waals surface area contributed by atoms with Gasteiger partial charge in [0.25, 0.3) is 0 Å². The summed E-state index contributed by atoms with van der Waals surface area (Å²) in [6.45, 7) is 1.74. The fourth-order valence-electron chi connectivity index (χ4n) is 1.45. The molecule has 1 amide bonds. The van der Waals surface area contributed by atoms with Gasteiger partial charge in [0.1, 0.15) is 6.33 Å². The number of carbonyl (C=O) groups is 1. The molecule has 0 radical (unpaired) electrons. The molecule has 0 saturated heterocycles. The molecule has 0 aliphatic carbocycles. The molecule has 1 aromatic heterocycles. The Balaban J connectivity index is 2.11. The van der Waals surface area contributed by atoms with Crippen LogP contribution >= 0.6 is 0 Å². The average Bonchev–Trinajstić information content (AvgIpc) is 2.40. The lowest BCUT2D eigenvalue weighted by Crippen LogP contribution is -2.31. The molecule has 0 fully saturated rings. The van der Waals surface area contributed by atoms with Crippen LogP contribution in [-0.2, 0) is 11.3 Å². The zero-order chi connectivity index (χ0) is 13.7. The van der Waals surface area contributed by atoms with Crippen molar-refractivity contribution in [2.24, 2.45) is 0 Å². The highest BCUT2D eigenvalue weighted by Crippen LogP contribution is 2.00. The number of nitrogens with zero attached hydrogens (tertiary/aromatic N) is 3. The first-order valence-electron chi connectivity index (χ1n) is 5.65. The Kier molecular flexibility index (Phi) is 3.87. The molecule has 0 bridgehead atoms. The molecule has 0 saturated carbocycles. The maximum absolute atomic E-state index is 11.7. The van der Waals surface area contributed by atoms with Gasteiger partial charge in [-0.25, -0.2) is 9.78 Å². The molecule has 7 nitrogen and oxygen atoms in total. The van der Waals surface area contributed by atoms with Crippen LogP contribution in [0.4, 0.5) is 5.95 Å². The van der Waals surface area contributed by atoms with Gasteiger partial charge in [0.05, 0.1) is 6.54 Å². The van der Waals surface area contributed by atoms with Crippen molar-refractivity contribution in [3.8, 4) is 0 Å². The van der Waals surface area contributed by atoms with Crippen molar-refractivity contribution in [3.05, 3.63) is 52.7 Å². The maximum atomic E-state index is 11.7. The zero-order valence-corrected chi connectivity index (χ0v) is 10.3. The molecule has 7 heteroatoms. The molecule has 0 aliphatic heterocycles. The van der Waals surface area contributed by atoms with Crippen molar-refractivity contribution in [1.29, 1.82) is 0 Å². The van der Waals surface area contributed by atoms with E-state index in [2.05, 4.69) is 20.8 Å². The van der Waals surface area contributed by atoms with Crippen LogP contribution in [0.2, 0.25) is 0 Å². The minimum absolute atomic E-state index is 0.0597. The van der Waals surface area contributed by atoms with E-state index in [1.54, 1.807) is 0 Å². The van der Waals surface area contributed by atoms with Gasteiger partial charge in [0.2, 0.25) is 11.9 Å². The Hall–Kier alpha value is -2.70. The monoisotopic (exact) mass is 259 g/mol. The quantitative estimate of drug-likeness (QED) is 0.763. The van der Waals surface area contributed by atoms with Gasteiger partial charge < -0.3 is 0 Å². The molecule has 19 heavy (non-hydrogen) atoms. The van der Waals surface area contributed by atoms with E-state index in [9.17, 15) is 9.59 Å². The van der Waals surface area contributed by atoms with Crippen LogP contribution < -0.4 is 16.5 Å². The summed E-state index contributed by atoms with van der Waals surface area (Å²) in [5.41, 5.74) is 5.28. The van der Waals surface area contributed by atoms with Gasteiger partial charge in [0, 0.05) is 6.92 Å². The standard InChI is InChI=1S/C12H13N5O2/c1-9(18)15-16-11-13-8-17(12(19)14-11)7-10-5-3-2-4-6-10/h2-6,8H,7H2,1H3,(H,15,18)(H,14,16,19). The molecule has 0 spiro atoms. The van der Waals surface area contributed by atoms with Crippen molar-refractivity contribution in [3.63, 3.8) is 0 Å². The number of hydrazine groups is 1. The molecule has 0 aliphatic rings. The lowest BCUT2D eigenvalue weighted by molar-refractivity contribution is -0.118. The molecule has 1 aromatic carbocycles. The van der Waals surface area contributed by atoms with E-state index in [0.717, 1.165) is 5.56 Å². The Bertz CT molecular complexity index is 624. The van der Waals surface area contributed by atoms with Gasteiger partial charge in [-0.05, 0) is 5.56 Å². The lowest BCUT2D eigenvalue weighted by atomic mass is 10.2. The highest BCUT2D eigenvalue weighted by Gasteiger charge is 2.02. The van der Waals surface area contributed by atoms with Gasteiger partial charge >= 0.3 is 5.69 Å². The number of aromatic nitrogens is 3. The smallest absolute Gasteiger partial charge is 0.278 e. The Labute approximate surface area is 109 Å². The van der Waals surface area contributed by atoms with Crippen molar-refractivity contribution in [2.75, 3.05) is 5.43 Å². The number of hydrogen-bond donors (Lipinski definition) is 2. The molecule has 2 rings (SSSR count). The largest absolute Gasteiger partial charge is 0.352 e. The third-order valence-corrected chi connectivity index (χ3v) is 2.31. The fraction of sp³-hybridized carbons (Fsp3) is 0.167. The van der Waals surface area contributed by atoms with E-state index in [4.69, 9.17) is 0 Å². The minimum Gasteiger partial charge on any atom is -0.278 e. The van der Waals surface area contributed by atoms with Crippen LogP contribution in [0.1, 0.15) is 12.5 Å². The normalized spacial score (nSPS) is 9.95. The Morgan fingerprint density at radius 2 is 2.05 bits per heavy atom. The van der Waals surface area contributed by atoms with Crippen LogP contribution in [0.15, 0.2) is 41.5 Å². The zero-order valence-electron chi connectivity index (χ0n) is 10.3. The first kappa shape index (κ1) is 12.7. The van der Waals surface area contributed by atoms with Gasteiger partial charge in [-0.3, -0.25) is 20.2 Å². The molecule has 2 aromatic rings. The SMILES string of the molecule is CC(=O)NNc1ncn(Cc2ccccc2)c(=O)n1. The third kappa shape index (κ3) is 3.63. The minimum atomic E-state index is -0.438. The summed E-state index contributed by atoms with van der Waals surface area (Å²) >= 11 is 0. The summed E-state index contributed by atoms with van der Waals surface area (Å²) in [6, 6.07) is 9.52. The van der Waals surface area contributed by atoms with Gasteiger partial charge in [-0.15, -0.1) is 0 Å². The number of nitrogens with one attached hydrogen (secondary N) is 2. The van der Waals surface area contributed by atoms with Crippen molar-refractivity contribution < 1.29 is 4.79 Å². The van der Waals surface area contributed by atoms with Gasteiger partial charge in [-0.2, -0.15) is 4.98 Å². The summed E-state index contributed by atoms with van der Waals surface area (Å²) in [5, 5.41) is 0. The summed E-state index contributed by atoms with van der Waals surface area (Å²) in [4.78, 5) is 30.1. The lowest BCUT2D eigenvalue weighted by Gasteiger charge is -2.07. The third-order valence-electron chi connectivity index (χ3n) is 2.31. The van der Waals surface area contributed by atoms with Crippen LogP contribution in [0.3, 0.4) is 0 Å². The summed E-state index contributed by atoms with van der Waals surface area (Å²) in [7, 11) is 0. The van der Waals surface area contributed by atoms with Crippen LogP contribution in [-0.4, -0.2) is 20.4 Å². The fourth-order valence-corrected chi connectivity index (χ4v) is 1.45. The predicted octanol–water partition coefficient (Wildman–Crippen LogP) is 0.150. The highest BCUT2D eigenvalue weighted by atomic mass is 16.2. The predicted molar refractivity (Wildman–Crippen MR) is 69.3 cm³/mol. The molecular formula is C12H13N5O2. The van der Waals surface area contributed by atoms with E-state index in [-0.39, 0.29) is 11.9 Å². The molecule has 1 heterocycles. The summed E-state index contributed by atoms with van der Waals surface area (Å²) in [5.74, 6) is -0.235. The highest BCUT2D eigenvalue weighted by molar-refractivity contribution is 5.73. The van der Waals surface area contributed by atoms with Gasteiger partial charge in [0.15, 0.2) is 0 Å². The van der Waals surface area contributed by atoms with E-state index in [0.29, 0.717) is 6.54 Å². The number of hydrogen-bond acceptors (Lipinski definition) is 5. The maximum Gasteiger partial charge on any atom is 0.352 e. The first-order chi connectivity index (χ1) is 9.15. The second-order valence-electron chi connectivity index (χ2n) is 3.88. The first-order valence-corrected chi connectivity index (χ1v) is 5.65. The molecule has 98 valence electrons. The Morgan fingerprint density at radius 1 is 1.32 bits per heavy atom. The number of anilines is 1. The summed E-state index contributed by atoms with van der Waals surface area (Å²) in [6.07, 6.45) is 1.38. The van der Waals surface area contributed by atoms with Crippen LogP contribution in [0.5, 0.6) is 0 Å². The van der Waals surface area contributed by atoms with E-state index in [1.165, 1.54) is 17.8 Å². The molecular weight excluding hydrogens is 246 g/mol. The van der Waals surface area contributed by atoms with Gasteiger partial charge in [-0.1, -0.05) is 30.3 Å². The van der Waals surface area contributed by atoms with Crippen molar-refractivity contribution in [2.45, 2.75) is 13.5 Å². The van der Waals surface area contributed by atoms with E-state index < -0.39 is 5.69 Å².